The Balaban J connectivity index is 1.72. The smallest absolute Gasteiger partial charge is 0.303 e. The van der Waals surface area contributed by atoms with Gasteiger partial charge in [0.1, 0.15) is 9.33 Å². The van der Waals surface area contributed by atoms with Crippen molar-refractivity contribution in [3.63, 3.8) is 0 Å². The van der Waals surface area contributed by atoms with Crippen molar-refractivity contribution in [1.29, 1.82) is 0 Å². The lowest BCUT2D eigenvalue weighted by atomic mass is 10.2. The molecule has 1 aromatic heterocycles. The number of hydrogen-bond donors (Lipinski definition) is 1. The SMILES string of the molecule is O=C(O)CCCN1C(=O)/C(=C/c2cnc(-c3ccccc3)s2)SC1=S. The maximum Gasteiger partial charge on any atom is 0.303 e. The summed E-state index contributed by atoms with van der Waals surface area (Å²) in [5.74, 6) is -1.05. The van der Waals surface area contributed by atoms with Crippen LogP contribution in [0.1, 0.15) is 17.7 Å². The van der Waals surface area contributed by atoms with Crippen LogP contribution in [0.5, 0.6) is 0 Å². The third kappa shape index (κ3) is 4.33. The van der Waals surface area contributed by atoms with Crippen LogP contribution in [-0.4, -0.2) is 37.7 Å². The zero-order valence-corrected chi connectivity index (χ0v) is 15.5. The Hall–Kier alpha value is -2.03. The van der Waals surface area contributed by atoms with Crippen LogP contribution in [0.4, 0.5) is 0 Å². The Morgan fingerprint density at radius 3 is 2.80 bits per heavy atom. The molecule has 1 aromatic carbocycles. The van der Waals surface area contributed by atoms with Gasteiger partial charge in [0, 0.05) is 29.6 Å². The Kier molecular flexibility index (Phi) is 5.62. The second-order valence-electron chi connectivity index (χ2n) is 5.26. The number of hydrogen-bond acceptors (Lipinski definition) is 6. The minimum absolute atomic E-state index is 0.0192. The van der Waals surface area contributed by atoms with Crippen molar-refractivity contribution in [2.45, 2.75) is 12.8 Å². The van der Waals surface area contributed by atoms with Crippen LogP contribution >= 0.6 is 35.3 Å². The predicted molar refractivity (Wildman–Crippen MR) is 104 cm³/mol. The molecule has 0 radical (unpaired) electrons. The number of thiazole rings is 1. The highest BCUT2D eigenvalue weighted by Crippen LogP contribution is 2.34. The topological polar surface area (TPSA) is 70.5 Å². The molecule has 128 valence electrons. The fraction of sp³-hybridized carbons (Fsp3) is 0.176. The van der Waals surface area contributed by atoms with Gasteiger partial charge in [-0.25, -0.2) is 4.98 Å². The third-order valence-corrected chi connectivity index (χ3v) is 5.83. The van der Waals surface area contributed by atoms with Crippen molar-refractivity contribution in [3.05, 3.63) is 46.3 Å². The molecule has 1 saturated heterocycles. The highest BCUT2D eigenvalue weighted by Gasteiger charge is 2.31. The number of carbonyl (C=O) groups excluding carboxylic acids is 1. The maximum absolute atomic E-state index is 12.5. The Morgan fingerprint density at radius 1 is 1.32 bits per heavy atom. The van der Waals surface area contributed by atoms with Crippen molar-refractivity contribution in [1.82, 2.24) is 9.88 Å². The van der Waals surface area contributed by atoms with Crippen LogP contribution in [0.15, 0.2) is 41.4 Å². The Labute approximate surface area is 158 Å². The van der Waals surface area contributed by atoms with E-state index >= 15 is 0 Å². The van der Waals surface area contributed by atoms with Gasteiger partial charge in [-0.05, 0) is 12.5 Å². The van der Waals surface area contributed by atoms with Gasteiger partial charge in [0.05, 0.1) is 4.91 Å². The average molecular weight is 391 g/mol. The second kappa shape index (κ2) is 7.90. The first-order valence-electron chi connectivity index (χ1n) is 7.53. The first kappa shape index (κ1) is 17.8. The number of carbonyl (C=O) groups is 2. The van der Waals surface area contributed by atoms with E-state index < -0.39 is 5.97 Å². The van der Waals surface area contributed by atoms with Crippen molar-refractivity contribution < 1.29 is 14.7 Å². The lowest BCUT2D eigenvalue weighted by Gasteiger charge is -2.13. The number of nitrogens with zero attached hydrogens (tertiary/aromatic N) is 2. The van der Waals surface area contributed by atoms with Crippen molar-refractivity contribution >= 4 is 57.6 Å². The van der Waals surface area contributed by atoms with Gasteiger partial charge in [-0.3, -0.25) is 14.5 Å². The molecule has 5 nitrogen and oxygen atoms in total. The minimum atomic E-state index is -0.876. The van der Waals surface area contributed by atoms with Gasteiger partial charge in [0.2, 0.25) is 0 Å². The maximum atomic E-state index is 12.5. The number of carboxylic acid groups (broad SMARTS) is 1. The molecule has 0 spiro atoms. The average Bonchev–Trinajstić information content (AvgIpc) is 3.16. The summed E-state index contributed by atoms with van der Waals surface area (Å²) < 4.78 is 0.467. The van der Waals surface area contributed by atoms with Crippen LogP contribution in [0.2, 0.25) is 0 Å². The van der Waals surface area contributed by atoms with E-state index in [1.807, 2.05) is 30.3 Å². The van der Waals surface area contributed by atoms with E-state index in [0.29, 0.717) is 22.2 Å². The first-order valence-corrected chi connectivity index (χ1v) is 9.57. The Bertz CT molecular complexity index is 846. The van der Waals surface area contributed by atoms with Gasteiger partial charge in [-0.2, -0.15) is 0 Å². The van der Waals surface area contributed by atoms with Crippen molar-refractivity contribution in [2.75, 3.05) is 6.54 Å². The molecule has 0 saturated carbocycles. The zero-order chi connectivity index (χ0) is 17.8. The van der Waals surface area contributed by atoms with Crippen LogP contribution in [0.25, 0.3) is 16.6 Å². The molecule has 0 aliphatic carbocycles. The molecule has 2 aromatic rings. The van der Waals surface area contributed by atoms with Gasteiger partial charge >= 0.3 is 5.97 Å². The zero-order valence-electron chi connectivity index (χ0n) is 13.0. The van der Waals surface area contributed by atoms with Crippen LogP contribution < -0.4 is 0 Å². The Morgan fingerprint density at radius 2 is 2.08 bits per heavy atom. The van der Waals surface area contributed by atoms with E-state index in [1.54, 1.807) is 12.3 Å². The van der Waals surface area contributed by atoms with Gasteiger partial charge in [-0.1, -0.05) is 54.3 Å². The number of benzene rings is 1. The molecule has 1 aliphatic rings. The second-order valence-corrected chi connectivity index (χ2v) is 8.00. The lowest BCUT2D eigenvalue weighted by Crippen LogP contribution is -2.29. The molecule has 3 rings (SSSR count). The molecule has 0 unspecified atom stereocenters. The van der Waals surface area contributed by atoms with E-state index in [9.17, 15) is 9.59 Å². The van der Waals surface area contributed by atoms with Gasteiger partial charge < -0.3 is 5.11 Å². The molecule has 1 N–H and O–H groups in total. The number of thioether (sulfide) groups is 1. The number of carboxylic acids is 1. The predicted octanol–water partition coefficient (Wildman–Crippen LogP) is 3.88. The summed E-state index contributed by atoms with van der Waals surface area (Å²) in [7, 11) is 0. The molecule has 1 amide bonds. The molecular weight excluding hydrogens is 376 g/mol. The van der Waals surface area contributed by atoms with Crippen molar-refractivity contribution in [3.8, 4) is 10.6 Å². The van der Waals surface area contributed by atoms with Gasteiger partial charge in [0.25, 0.3) is 5.91 Å². The summed E-state index contributed by atoms with van der Waals surface area (Å²) in [5, 5.41) is 9.60. The van der Waals surface area contributed by atoms with E-state index in [4.69, 9.17) is 17.3 Å². The standard InChI is InChI=1S/C17H14N2O3S3/c20-14(21)7-4-8-19-16(22)13(25-17(19)23)9-12-10-18-15(24-12)11-5-2-1-3-6-11/h1-3,5-6,9-10H,4,7-8H2,(H,20,21)/b13-9-. The quantitative estimate of drug-likeness (QED) is 0.596. The van der Waals surface area contributed by atoms with Crippen LogP contribution in [-0.2, 0) is 9.59 Å². The van der Waals surface area contributed by atoms with E-state index in [1.165, 1.54) is 28.0 Å². The molecule has 2 heterocycles. The van der Waals surface area contributed by atoms with Gasteiger partial charge in [-0.15, -0.1) is 11.3 Å². The van der Waals surface area contributed by atoms with E-state index in [0.717, 1.165) is 15.4 Å². The monoisotopic (exact) mass is 390 g/mol. The van der Waals surface area contributed by atoms with Gasteiger partial charge in [0.15, 0.2) is 0 Å². The van der Waals surface area contributed by atoms with Crippen molar-refractivity contribution in [2.24, 2.45) is 0 Å². The largest absolute Gasteiger partial charge is 0.481 e. The summed E-state index contributed by atoms with van der Waals surface area (Å²) >= 11 is 7.99. The lowest BCUT2D eigenvalue weighted by molar-refractivity contribution is -0.137. The van der Waals surface area contributed by atoms with E-state index in [2.05, 4.69) is 4.98 Å². The van der Waals surface area contributed by atoms with E-state index in [-0.39, 0.29) is 12.3 Å². The number of aliphatic carboxylic acids is 1. The third-order valence-electron chi connectivity index (χ3n) is 3.46. The highest BCUT2D eigenvalue weighted by molar-refractivity contribution is 8.26. The number of amides is 1. The molecular formula is C17H14N2O3S3. The summed E-state index contributed by atoms with van der Waals surface area (Å²) in [6, 6.07) is 9.85. The van der Waals surface area contributed by atoms with Crippen LogP contribution in [0.3, 0.4) is 0 Å². The summed E-state index contributed by atoms with van der Waals surface area (Å²) in [6.07, 6.45) is 3.93. The number of aromatic nitrogens is 1. The molecule has 0 bridgehead atoms. The molecule has 1 aliphatic heterocycles. The molecule has 25 heavy (non-hydrogen) atoms. The summed E-state index contributed by atoms with van der Waals surface area (Å²) in [5.41, 5.74) is 1.04. The normalized spacial score (nSPS) is 16.0. The number of thiocarbonyl (C=S) groups is 1. The summed E-state index contributed by atoms with van der Waals surface area (Å²) in [6.45, 7) is 0.326. The minimum Gasteiger partial charge on any atom is -0.481 e. The fourth-order valence-electron chi connectivity index (χ4n) is 2.28. The fourth-order valence-corrected chi connectivity index (χ4v) is 4.52. The molecule has 1 fully saturated rings. The number of rotatable bonds is 6. The summed E-state index contributed by atoms with van der Waals surface area (Å²) in [4.78, 5) is 30.4. The molecule has 0 atom stereocenters. The highest BCUT2D eigenvalue weighted by atomic mass is 32.2. The van der Waals surface area contributed by atoms with Crippen LogP contribution in [0, 0.1) is 0 Å². The molecule has 8 heteroatoms. The first-order chi connectivity index (χ1) is 12.0.